The van der Waals surface area contributed by atoms with Crippen LogP contribution in [-0.4, -0.2) is 41.0 Å². The molecular weight excluding hydrogens is 258 g/mol. The number of hydrogen-bond donors (Lipinski definition) is 1. The molecule has 112 valence electrons. The topological polar surface area (TPSA) is 65.4 Å². The molecule has 0 aliphatic carbocycles. The molecule has 0 bridgehead atoms. The summed E-state index contributed by atoms with van der Waals surface area (Å²) < 4.78 is 12.6. The molecule has 6 nitrogen and oxygen atoms in total. The summed E-state index contributed by atoms with van der Waals surface area (Å²) in [6.45, 7) is 4.69. The monoisotopic (exact) mass is 281 g/mol. The molecule has 2 rings (SSSR count). The third-order valence-electron chi connectivity index (χ3n) is 3.51. The first-order chi connectivity index (χ1) is 9.41. The van der Waals surface area contributed by atoms with E-state index in [-0.39, 0.29) is 17.6 Å². The molecule has 1 unspecified atom stereocenters. The van der Waals surface area contributed by atoms with Crippen molar-refractivity contribution in [2.24, 2.45) is 7.05 Å². The van der Waals surface area contributed by atoms with Gasteiger partial charge in [0.1, 0.15) is 5.56 Å². The van der Waals surface area contributed by atoms with Crippen LogP contribution in [0.15, 0.2) is 6.20 Å². The van der Waals surface area contributed by atoms with Crippen LogP contribution in [-0.2, 0) is 11.8 Å². The van der Waals surface area contributed by atoms with Gasteiger partial charge < -0.3 is 14.8 Å². The molecule has 1 amide bonds. The lowest BCUT2D eigenvalue weighted by atomic mass is 9.95. The molecular formula is C14H23N3O3. The highest BCUT2D eigenvalue weighted by molar-refractivity contribution is 5.96. The number of methoxy groups -OCH3 is 1. The Kier molecular flexibility index (Phi) is 4.32. The molecule has 1 N–H and O–H groups in total. The normalized spacial score (nSPS) is 21.5. The van der Waals surface area contributed by atoms with E-state index >= 15 is 0 Å². The van der Waals surface area contributed by atoms with Crippen LogP contribution in [0.2, 0.25) is 0 Å². The van der Waals surface area contributed by atoms with Gasteiger partial charge in [0.2, 0.25) is 5.88 Å². The van der Waals surface area contributed by atoms with E-state index in [1.807, 2.05) is 0 Å². The number of rotatable bonds is 4. The predicted molar refractivity (Wildman–Crippen MR) is 74.9 cm³/mol. The zero-order valence-electron chi connectivity index (χ0n) is 12.6. The van der Waals surface area contributed by atoms with Gasteiger partial charge in [-0.05, 0) is 33.1 Å². The maximum Gasteiger partial charge on any atom is 0.258 e. The molecule has 0 aromatic carbocycles. The Bertz CT molecular complexity index is 482. The lowest BCUT2D eigenvalue weighted by Gasteiger charge is -2.36. The summed E-state index contributed by atoms with van der Waals surface area (Å²) in [6, 6.07) is 0. The highest BCUT2D eigenvalue weighted by Crippen LogP contribution is 2.27. The molecule has 1 aromatic rings. The van der Waals surface area contributed by atoms with Gasteiger partial charge in [0.15, 0.2) is 0 Å². The summed E-state index contributed by atoms with van der Waals surface area (Å²) in [7, 11) is 3.26. The van der Waals surface area contributed by atoms with E-state index in [0.717, 1.165) is 19.3 Å². The largest absolute Gasteiger partial charge is 0.479 e. The summed E-state index contributed by atoms with van der Waals surface area (Å²) in [5, 5.41) is 6.97. The SMILES string of the molecule is COc1nn(C)cc1C(=O)NCC1CCCC(C)(C)O1. The minimum Gasteiger partial charge on any atom is -0.479 e. The zero-order chi connectivity index (χ0) is 14.8. The molecule has 1 saturated heterocycles. The minimum atomic E-state index is -0.179. The number of ether oxygens (including phenoxy) is 2. The maximum absolute atomic E-state index is 12.1. The van der Waals surface area contributed by atoms with Crippen molar-refractivity contribution in [2.45, 2.75) is 44.8 Å². The molecule has 1 aliphatic rings. The summed E-state index contributed by atoms with van der Waals surface area (Å²) in [6.07, 6.45) is 4.90. The highest BCUT2D eigenvalue weighted by atomic mass is 16.5. The molecule has 1 fully saturated rings. The standard InChI is InChI=1S/C14H23N3O3/c1-14(2)7-5-6-10(20-14)8-15-12(18)11-9-17(3)16-13(11)19-4/h9-10H,5-8H2,1-4H3,(H,15,18). The molecule has 1 aromatic heterocycles. The Hall–Kier alpha value is -1.56. The van der Waals surface area contributed by atoms with Crippen molar-refractivity contribution < 1.29 is 14.3 Å². The van der Waals surface area contributed by atoms with Gasteiger partial charge in [-0.2, -0.15) is 0 Å². The maximum atomic E-state index is 12.1. The average Bonchev–Trinajstić information content (AvgIpc) is 2.76. The van der Waals surface area contributed by atoms with Gasteiger partial charge in [0, 0.05) is 19.8 Å². The van der Waals surface area contributed by atoms with Gasteiger partial charge >= 0.3 is 0 Å². The minimum absolute atomic E-state index is 0.0744. The van der Waals surface area contributed by atoms with Crippen LogP contribution in [0, 0.1) is 0 Å². The second-order valence-electron chi connectivity index (χ2n) is 5.83. The Balaban J connectivity index is 1.92. The fraction of sp³-hybridized carbons (Fsp3) is 0.714. The Morgan fingerprint density at radius 3 is 3.05 bits per heavy atom. The van der Waals surface area contributed by atoms with E-state index < -0.39 is 0 Å². The summed E-state index contributed by atoms with van der Waals surface area (Å²) in [5.74, 6) is 0.164. The van der Waals surface area contributed by atoms with Crippen LogP contribution < -0.4 is 10.1 Å². The number of hydrogen-bond acceptors (Lipinski definition) is 4. The second-order valence-corrected chi connectivity index (χ2v) is 5.83. The number of aryl methyl sites for hydroxylation is 1. The number of carbonyl (C=O) groups is 1. The van der Waals surface area contributed by atoms with Gasteiger partial charge in [-0.15, -0.1) is 5.10 Å². The average molecular weight is 281 g/mol. The molecule has 1 atom stereocenters. The van der Waals surface area contributed by atoms with E-state index in [2.05, 4.69) is 24.3 Å². The predicted octanol–water partition coefficient (Wildman–Crippen LogP) is 1.51. The summed E-state index contributed by atoms with van der Waals surface area (Å²) >= 11 is 0. The number of amides is 1. The third kappa shape index (κ3) is 3.50. The van der Waals surface area contributed by atoms with Crippen LogP contribution in [0.25, 0.3) is 0 Å². The van der Waals surface area contributed by atoms with E-state index in [1.165, 1.54) is 7.11 Å². The summed E-state index contributed by atoms with van der Waals surface area (Å²) in [5.41, 5.74) is 0.352. The van der Waals surface area contributed by atoms with E-state index in [9.17, 15) is 4.79 Å². The van der Waals surface area contributed by atoms with Gasteiger partial charge in [-0.25, -0.2) is 0 Å². The Labute approximate surface area is 119 Å². The first-order valence-electron chi connectivity index (χ1n) is 6.95. The van der Waals surface area contributed by atoms with E-state index in [0.29, 0.717) is 18.0 Å². The van der Waals surface area contributed by atoms with E-state index in [4.69, 9.17) is 9.47 Å². The number of aromatic nitrogens is 2. The number of nitrogens with one attached hydrogen (secondary N) is 1. The zero-order valence-corrected chi connectivity index (χ0v) is 12.6. The lowest BCUT2D eigenvalue weighted by Crippen LogP contribution is -2.42. The smallest absolute Gasteiger partial charge is 0.258 e. The molecule has 0 radical (unpaired) electrons. The van der Waals surface area contributed by atoms with Crippen LogP contribution in [0.3, 0.4) is 0 Å². The first kappa shape index (κ1) is 14.8. The van der Waals surface area contributed by atoms with Crippen LogP contribution >= 0.6 is 0 Å². The van der Waals surface area contributed by atoms with Gasteiger partial charge in [0.05, 0.1) is 18.8 Å². The molecule has 1 aliphatic heterocycles. The van der Waals surface area contributed by atoms with Crippen molar-refractivity contribution in [2.75, 3.05) is 13.7 Å². The fourth-order valence-electron chi connectivity index (χ4n) is 2.54. The van der Waals surface area contributed by atoms with Crippen molar-refractivity contribution in [1.29, 1.82) is 0 Å². The van der Waals surface area contributed by atoms with E-state index in [1.54, 1.807) is 17.9 Å². The van der Waals surface area contributed by atoms with Gasteiger partial charge in [0.25, 0.3) is 5.91 Å². The van der Waals surface area contributed by atoms with Crippen LogP contribution in [0.5, 0.6) is 5.88 Å². The van der Waals surface area contributed by atoms with Gasteiger partial charge in [-0.3, -0.25) is 9.48 Å². The van der Waals surface area contributed by atoms with Crippen molar-refractivity contribution in [1.82, 2.24) is 15.1 Å². The number of carbonyl (C=O) groups excluding carboxylic acids is 1. The second kappa shape index (κ2) is 5.83. The highest BCUT2D eigenvalue weighted by Gasteiger charge is 2.29. The molecule has 0 spiro atoms. The Morgan fingerprint density at radius 2 is 2.40 bits per heavy atom. The van der Waals surface area contributed by atoms with Crippen molar-refractivity contribution >= 4 is 5.91 Å². The third-order valence-corrected chi connectivity index (χ3v) is 3.51. The van der Waals surface area contributed by atoms with Crippen molar-refractivity contribution in [3.8, 4) is 5.88 Å². The molecule has 2 heterocycles. The number of nitrogens with zero attached hydrogens (tertiary/aromatic N) is 2. The molecule has 6 heteroatoms. The van der Waals surface area contributed by atoms with Gasteiger partial charge in [-0.1, -0.05) is 0 Å². The van der Waals surface area contributed by atoms with Crippen LogP contribution in [0.4, 0.5) is 0 Å². The fourth-order valence-corrected chi connectivity index (χ4v) is 2.54. The molecule has 20 heavy (non-hydrogen) atoms. The summed E-state index contributed by atoms with van der Waals surface area (Å²) in [4.78, 5) is 12.1. The lowest BCUT2D eigenvalue weighted by molar-refractivity contribution is -0.104. The first-order valence-corrected chi connectivity index (χ1v) is 6.95. The molecule has 0 saturated carbocycles. The Morgan fingerprint density at radius 1 is 1.65 bits per heavy atom. The van der Waals surface area contributed by atoms with Crippen molar-refractivity contribution in [3.63, 3.8) is 0 Å². The van der Waals surface area contributed by atoms with Crippen LogP contribution in [0.1, 0.15) is 43.5 Å². The van der Waals surface area contributed by atoms with Crippen molar-refractivity contribution in [3.05, 3.63) is 11.8 Å². The quantitative estimate of drug-likeness (QED) is 0.908.